The van der Waals surface area contributed by atoms with E-state index in [9.17, 15) is 18.4 Å². The van der Waals surface area contributed by atoms with Crippen LogP contribution in [0.15, 0.2) is 18.2 Å². The molecule has 0 bridgehead atoms. The molecular weight excluding hydrogens is 302 g/mol. The van der Waals surface area contributed by atoms with Crippen LogP contribution in [-0.2, 0) is 16.1 Å². The lowest BCUT2D eigenvalue weighted by molar-refractivity contribution is -0.133. The van der Waals surface area contributed by atoms with Gasteiger partial charge in [0.25, 0.3) is 0 Å². The number of benzene rings is 1. The zero-order valence-corrected chi connectivity index (χ0v) is 12.9. The average Bonchev–Trinajstić information content (AvgIpc) is 3.17. The van der Waals surface area contributed by atoms with Gasteiger partial charge in [-0.1, -0.05) is 12.1 Å². The lowest BCUT2D eigenvalue weighted by atomic mass is 10.1. The molecule has 0 aromatic heterocycles. The van der Waals surface area contributed by atoms with Crippen molar-refractivity contribution in [3.8, 4) is 0 Å². The molecule has 3 rings (SSSR count). The molecule has 1 aromatic carbocycles. The van der Waals surface area contributed by atoms with Crippen molar-refractivity contribution >= 4 is 11.8 Å². The summed E-state index contributed by atoms with van der Waals surface area (Å²) in [5.41, 5.74) is 0.152. The van der Waals surface area contributed by atoms with Crippen LogP contribution < -0.4 is 0 Å². The van der Waals surface area contributed by atoms with E-state index < -0.39 is 11.6 Å². The SMILES string of the molecule is O=C(CC1CCC(=O)N1Cc1cccc(F)c1F)N1CCCC1. The summed E-state index contributed by atoms with van der Waals surface area (Å²) in [6.45, 7) is 1.57. The summed E-state index contributed by atoms with van der Waals surface area (Å²) < 4.78 is 27.2. The van der Waals surface area contributed by atoms with Gasteiger partial charge in [-0.25, -0.2) is 8.78 Å². The Labute approximate surface area is 134 Å². The fourth-order valence-electron chi connectivity index (χ4n) is 3.37. The molecule has 0 radical (unpaired) electrons. The van der Waals surface area contributed by atoms with Gasteiger partial charge in [0.15, 0.2) is 11.6 Å². The van der Waals surface area contributed by atoms with Gasteiger partial charge < -0.3 is 9.80 Å². The molecule has 2 saturated heterocycles. The lowest BCUT2D eigenvalue weighted by Gasteiger charge is -2.26. The Morgan fingerprint density at radius 3 is 2.70 bits per heavy atom. The normalized spacial score (nSPS) is 21.3. The minimum Gasteiger partial charge on any atom is -0.343 e. The lowest BCUT2D eigenvalue weighted by Crippen LogP contribution is -2.38. The topological polar surface area (TPSA) is 40.6 Å². The second kappa shape index (κ2) is 6.64. The third-order valence-corrected chi connectivity index (χ3v) is 4.69. The van der Waals surface area contributed by atoms with Gasteiger partial charge in [0.2, 0.25) is 11.8 Å². The second-order valence-corrected chi connectivity index (χ2v) is 6.22. The molecule has 0 spiro atoms. The first-order chi connectivity index (χ1) is 11.1. The predicted molar refractivity (Wildman–Crippen MR) is 80.4 cm³/mol. The molecule has 6 heteroatoms. The molecule has 0 aliphatic carbocycles. The summed E-state index contributed by atoms with van der Waals surface area (Å²) >= 11 is 0. The summed E-state index contributed by atoms with van der Waals surface area (Å²) in [7, 11) is 0. The molecule has 1 unspecified atom stereocenters. The zero-order valence-electron chi connectivity index (χ0n) is 12.9. The van der Waals surface area contributed by atoms with E-state index >= 15 is 0 Å². The molecule has 1 aromatic rings. The Morgan fingerprint density at radius 1 is 1.22 bits per heavy atom. The number of likely N-dealkylation sites (tertiary alicyclic amines) is 2. The van der Waals surface area contributed by atoms with Crippen LogP contribution >= 0.6 is 0 Å². The van der Waals surface area contributed by atoms with Crippen LogP contribution in [0.5, 0.6) is 0 Å². The first kappa shape index (κ1) is 15.9. The van der Waals surface area contributed by atoms with Gasteiger partial charge in [0.05, 0.1) is 0 Å². The standard InChI is InChI=1S/C17H20F2N2O2/c18-14-5-3-4-12(17(14)19)11-21-13(6-7-15(21)22)10-16(23)20-8-1-2-9-20/h3-5,13H,1-2,6-11H2. The maximum Gasteiger partial charge on any atom is 0.224 e. The smallest absolute Gasteiger partial charge is 0.224 e. The largest absolute Gasteiger partial charge is 0.343 e. The Balaban J connectivity index is 1.69. The van der Waals surface area contributed by atoms with Gasteiger partial charge in [0, 0.05) is 44.1 Å². The highest BCUT2D eigenvalue weighted by atomic mass is 19.2. The van der Waals surface area contributed by atoms with Crippen LogP contribution in [0.2, 0.25) is 0 Å². The molecule has 0 N–H and O–H groups in total. The van der Waals surface area contributed by atoms with Crippen LogP contribution in [0.25, 0.3) is 0 Å². The summed E-state index contributed by atoms with van der Waals surface area (Å²) in [5.74, 6) is -1.89. The highest BCUT2D eigenvalue weighted by Crippen LogP contribution is 2.26. The van der Waals surface area contributed by atoms with E-state index in [1.54, 1.807) is 0 Å². The number of carbonyl (C=O) groups excluding carboxylic acids is 2. The van der Waals surface area contributed by atoms with Crippen molar-refractivity contribution in [2.75, 3.05) is 13.1 Å². The van der Waals surface area contributed by atoms with Gasteiger partial charge in [-0.3, -0.25) is 9.59 Å². The van der Waals surface area contributed by atoms with Crippen molar-refractivity contribution < 1.29 is 18.4 Å². The summed E-state index contributed by atoms with van der Waals surface area (Å²) in [5, 5.41) is 0. The van der Waals surface area contributed by atoms with Gasteiger partial charge in [-0.05, 0) is 25.3 Å². The Bertz CT molecular complexity index is 615. The van der Waals surface area contributed by atoms with Crippen molar-refractivity contribution in [1.82, 2.24) is 9.80 Å². The van der Waals surface area contributed by atoms with E-state index in [2.05, 4.69) is 0 Å². The molecule has 1 atom stereocenters. The van der Waals surface area contributed by atoms with E-state index in [0.29, 0.717) is 12.8 Å². The minimum absolute atomic E-state index is 0.0143. The van der Waals surface area contributed by atoms with Crippen LogP contribution in [0.4, 0.5) is 8.78 Å². The van der Waals surface area contributed by atoms with Gasteiger partial charge in [0.1, 0.15) is 0 Å². The molecule has 2 aliphatic heterocycles. The first-order valence-corrected chi connectivity index (χ1v) is 8.06. The van der Waals surface area contributed by atoms with E-state index in [1.807, 2.05) is 4.90 Å². The number of amides is 2. The molecular formula is C17H20F2N2O2. The van der Waals surface area contributed by atoms with E-state index in [1.165, 1.54) is 17.0 Å². The molecule has 0 saturated carbocycles. The third kappa shape index (κ3) is 3.35. The highest BCUT2D eigenvalue weighted by Gasteiger charge is 2.34. The molecule has 2 heterocycles. The van der Waals surface area contributed by atoms with Crippen LogP contribution in [0, 0.1) is 11.6 Å². The van der Waals surface area contributed by atoms with Gasteiger partial charge >= 0.3 is 0 Å². The number of carbonyl (C=O) groups is 2. The van der Waals surface area contributed by atoms with Crippen molar-refractivity contribution in [3.63, 3.8) is 0 Å². The fourth-order valence-corrected chi connectivity index (χ4v) is 3.37. The highest BCUT2D eigenvalue weighted by molar-refractivity contribution is 5.82. The monoisotopic (exact) mass is 322 g/mol. The van der Waals surface area contributed by atoms with Crippen LogP contribution in [-0.4, -0.2) is 40.7 Å². The predicted octanol–water partition coefficient (Wildman–Crippen LogP) is 2.47. The van der Waals surface area contributed by atoms with Crippen molar-refractivity contribution in [1.29, 1.82) is 0 Å². The van der Waals surface area contributed by atoms with Gasteiger partial charge in [-0.15, -0.1) is 0 Å². The molecule has 2 fully saturated rings. The molecule has 23 heavy (non-hydrogen) atoms. The molecule has 2 aliphatic rings. The van der Waals surface area contributed by atoms with Gasteiger partial charge in [-0.2, -0.15) is 0 Å². The zero-order chi connectivity index (χ0) is 16.4. The van der Waals surface area contributed by atoms with Crippen LogP contribution in [0.3, 0.4) is 0 Å². The number of nitrogens with zero attached hydrogens (tertiary/aromatic N) is 2. The summed E-state index contributed by atoms with van der Waals surface area (Å²) in [6.07, 6.45) is 3.26. The molecule has 4 nitrogen and oxygen atoms in total. The van der Waals surface area contributed by atoms with E-state index in [4.69, 9.17) is 0 Å². The number of rotatable bonds is 4. The second-order valence-electron chi connectivity index (χ2n) is 6.22. The summed E-state index contributed by atoms with van der Waals surface area (Å²) in [6, 6.07) is 3.74. The maximum atomic E-state index is 13.8. The maximum absolute atomic E-state index is 13.8. The minimum atomic E-state index is -0.920. The van der Waals surface area contributed by atoms with Crippen LogP contribution in [0.1, 0.15) is 37.7 Å². The average molecular weight is 322 g/mol. The van der Waals surface area contributed by atoms with Crippen molar-refractivity contribution in [2.24, 2.45) is 0 Å². The van der Waals surface area contributed by atoms with E-state index in [-0.39, 0.29) is 36.4 Å². The number of hydrogen-bond acceptors (Lipinski definition) is 2. The Hall–Kier alpha value is -1.98. The Morgan fingerprint density at radius 2 is 1.96 bits per heavy atom. The van der Waals surface area contributed by atoms with E-state index in [0.717, 1.165) is 32.0 Å². The Kier molecular flexibility index (Phi) is 4.59. The quantitative estimate of drug-likeness (QED) is 0.854. The van der Waals surface area contributed by atoms with Crippen molar-refractivity contribution in [2.45, 2.75) is 44.7 Å². The van der Waals surface area contributed by atoms with Crippen molar-refractivity contribution in [3.05, 3.63) is 35.4 Å². The first-order valence-electron chi connectivity index (χ1n) is 8.06. The number of halogens is 2. The summed E-state index contributed by atoms with van der Waals surface area (Å²) in [4.78, 5) is 27.7. The molecule has 2 amide bonds. The molecule has 124 valence electrons. The third-order valence-electron chi connectivity index (χ3n) is 4.69. The fraction of sp³-hybridized carbons (Fsp3) is 0.529. The number of hydrogen-bond donors (Lipinski definition) is 0.